The number of primary amides is 1. The third kappa shape index (κ3) is 6.15. The summed E-state index contributed by atoms with van der Waals surface area (Å²) in [7, 11) is -3.85. The molecule has 140 valence electrons. The van der Waals surface area contributed by atoms with Crippen LogP contribution in [-0.4, -0.2) is 32.4 Å². The molecule has 0 aliphatic carbocycles. The fourth-order valence-corrected chi connectivity index (χ4v) is 4.15. The number of rotatable bonds is 9. The van der Waals surface area contributed by atoms with Crippen molar-refractivity contribution in [2.45, 2.75) is 17.4 Å². The Hall–Kier alpha value is -1.30. The number of carbonyl (C=O) groups is 1. The van der Waals surface area contributed by atoms with E-state index in [9.17, 15) is 13.2 Å². The lowest BCUT2D eigenvalue weighted by Gasteiger charge is -2.15. The number of nitrogens with two attached hydrogens (primary N) is 1. The molecule has 0 aliphatic rings. The van der Waals surface area contributed by atoms with Crippen LogP contribution in [0.1, 0.15) is 6.42 Å². The Labute approximate surface area is 171 Å². The summed E-state index contributed by atoms with van der Waals surface area (Å²) in [4.78, 5) is 11.5. The van der Waals surface area contributed by atoms with Crippen molar-refractivity contribution in [2.75, 3.05) is 12.0 Å². The second-order valence-electron chi connectivity index (χ2n) is 5.39. The molecule has 0 fully saturated rings. The van der Waals surface area contributed by atoms with Crippen molar-refractivity contribution in [2.24, 2.45) is 5.73 Å². The second kappa shape index (κ2) is 9.58. The smallest absolute Gasteiger partial charge is 0.241 e. The summed E-state index contributed by atoms with van der Waals surface area (Å²) in [6, 6.07) is 12.5. The van der Waals surface area contributed by atoms with Crippen LogP contribution in [0.25, 0.3) is 0 Å². The number of amides is 1. The predicted octanol–water partition coefficient (Wildman–Crippen LogP) is 2.97. The van der Waals surface area contributed by atoms with Crippen molar-refractivity contribution in [1.29, 1.82) is 0 Å². The Kier molecular flexibility index (Phi) is 7.74. The summed E-state index contributed by atoms with van der Waals surface area (Å²) in [5, 5.41) is 0. The average molecular weight is 506 g/mol. The molecular formula is C17H19IN2O4S2. The monoisotopic (exact) mass is 506 g/mol. The Morgan fingerprint density at radius 2 is 1.69 bits per heavy atom. The standard InChI is InChI=1S/C17H19IN2O4S2/c1-25-11-10-16(17(19)21)20-26(22,23)15-8-6-14(7-9-15)24-13-4-2-12(18)3-5-13/h2-9,16,20H,10-11H2,1H3,(H2,19,21). The van der Waals surface area contributed by atoms with Crippen LogP contribution in [0.2, 0.25) is 0 Å². The van der Waals surface area contributed by atoms with Crippen LogP contribution in [0.5, 0.6) is 11.5 Å². The lowest BCUT2D eigenvalue weighted by Crippen LogP contribution is -2.44. The Morgan fingerprint density at radius 3 is 2.19 bits per heavy atom. The van der Waals surface area contributed by atoms with Gasteiger partial charge in [-0.15, -0.1) is 0 Å². The number of thioether (sulfide) groups is 1. The van der Waals surface area contributed by atoms with E-state index in [1.54, 1.807) is 12.1 Å². The molecule has 0 saturated carbocycles. The first-order valence-electron chi connectivity index (χ1n) is 7.66. The number of carbonyl (C=O) groups excluding carboxylic acids is 1. The number of benzene rings is 2. The van der Waals surface area contributed by atoms with E-state index >= 15 is 0 Å². The summed E-state index contributed by atoms with van der Waals surface area (Å²) >= 11 is 3.71. The molecule has 0 saturated heterocycles. The molecule has 26 heavy (non-hydrogen) atoms. The van der Waals surface area contributed by atoms with Crippen molar-refractivity contribution in [3.05, 3.63) is 52.1 Å². The van der Waals surface area contributed by atoms with Crippen LogP contribution in [-0.2, 0) is 14.8 Å². The minimum absolute atomic E-state index is 0.0443. The highest BCUT2D eigenvalue weighted by atomic mass is 127. The Balaban J connectivity index is 2.09. The van der Waals surface area contributed by atoms with E-state index in [4.69, 9.17) is 10.5 Å². The van der Waals surface area contributed by atoms with Gasteiger partial charge in [0.1, 0.15) is 17.5 Å². The number of nitrogens with one attached hydrogen (secondary N) is 1. The molecule has 9 heteroatoms. The summed E-state index contributed by atoms with van der Waals surface area (Å²) in [5.41, 5.74) is 5.29. The van der Waals surface area contributed by atoms with Crippen molar-refractivity contribution >= 4 is 50.3 Å². The normalized spacial score (nSPS) is 12.5. The summed E-state index contributed by atoms with van der Waals surface area (Å²) < 4.78 is 34.0. The largest absolute Gasteiger partial charge is 0.457 e. The minimum Gasteiger partial charge on any atom is -0.457 e. The lowest BCUT2D eigenvalue weighted by atomic mass is 10.2. The molecule has 6 nitrogen and oxygen atoms in total. The van der Waals surface area contributed by atoms with E-state index in [0.29, 0.717) is 23.7 Å². The maximum absolute atomic E-state index is 12.4. The van der Waals surface area contributed by atoms with Crippen LogP contribution in [0, 0.1) is 3.57 Å². The fraction of sp³-hybridized carbons (Fsp3) is 0.235. The van der Waals surface area contributed by atoms with Gasteiger partial charge in [0.15, 0.2) is 0 Å². The third-order valence-corrected chi connectivity index (χ3v) is 6.29. The molecule has 0 aliphatic heterocycles. The molecule has 1 atom stereocenters. The van der Waals surface area contributed by atoms with Crippen LogP contribution >= 0.6 is 34.4 Å². The van der Waals surface area contributed by atoms with Gasteiger partial charge < -0.3 is 10.5 Å². The van der Waals surface area contributed by atoms with E-state index in [1.165, 1.54) is 23.9 Å². The predicted molar refractivity (Wildman–Crippen MR) is 112 cm³/mol. The van der Waals surface area contributed by atoms with E-state index in [-0.39, 0.29) is 4.90 Å². The topological polar surface area (TPSA) is 98.5 Å². The van der Waals surface area contributed by atoms with E-state index in [1.807, 2.05) is 30.5 Å². The average Bonchev–Trinajstić information content (AvgIpc) is 2.61. The minimum atomic E-state index is -3.85. The summed E-state index contributed by atoms with van der Waals surface area (Å²) in [5.74, 6) is 1.10. The van der Waals surface area contributed by atoms with E-state index < -0.39 is 22.0 Å². The quantitative estimate of drug-likeness (QED) is 0.510. The van der Waals surface area contributed by atoms with E-state index in [2.05, 4.69) is 27.3 Å². The highest BCUT2D eigenvalue weighted by Gasteiger charge is 2.23. The lowest BCUT2D eigenvalue weighted by molar-refractivity contribution is -0.119. The molecular weight excluding hydrogens is 487 g/mol. The molecule has 0 heterocycles. The van der Waals surface area contributed by atoms with Crippen LogP contribution < -0.4 is 15.2 Å². The zero-order valence-corrected chi connectivity index (χ0v) is 17.8. The third-order valence-electron chi connectivity index (χ3n) is 3.43. The highest BCUT2D eigenvalue weighted by molar-refractivity contribution is 14.1. The highest BCUT2D eigenvalue weighted by Crippen LogP contribution is 2.23. The first-order chi connectivity index (χ1) is 12.3. The van der Waals surface area contributed by atoms with Gasteiger partial charge in [-0.1, -0.05) is 0 Å². The maximum Gasteiger partial charge on any atom is 0.241 e. The molecule has 2 rings (SSSR count). The van der Waals surface area contributed by atoms with E-state index in [0.717, 1.165) is 3.57 Å². The van der Waals surface area contributed by atoms with Gasteiger partial charge in [0.05, 0.1) is 4.90 Å². The second-order valence-corrected chi connectivity index (χ2v) is 9.33. The molecule has 2 aromatic rings. The van der Waals surface area contributed by atoms with Crippen LogP contribution in [0.15, 0.2) is 53.4 Å². The van der Waals surface area contributed by atoms with Crippen molar-refractivity contribution < 1.29 is 17.9 Å². The molecule has 1 unspecified atom stereocenters. The van der Waals surface area contributed by atoms with Gasteiger partial charge >= 0.3 is 0 Å². The first-order valence-corrected chi connectivity index (χ1v) is 11.6. The van der Waals surface area contributed by atoms with Crippen LogP contribution in [0.3, 0.4) is 0 Å². The molecule has 1 amide bonds. The zero-order valence-electron chi connectivity index (χ0n) is 14.0. The van der Waals surface area contributed by atoms with Crippen molar-refractivity contribution in [3.8, 4) is 11.5 Å². The first kappa shape index (κ1) is 21.0. The van der Waals surface area contributed by atoms with Gasteiger partial charge in [-0.2, -0.15) is 16.5 Å². The molecule has 0 aromatic heterocycles. The Morgan fingerprint density at radius 1 is 1.15 bits per heavy atom. The van der Waals surface area contributed by atoms with Gasteiger partial charge in [0.2, 0.25) is 15.9 Å². The van der Waals surface area contributed by atoms with Gasteiger partial charge in [-0.3, -0.25) is 4.79 Å². The van der Waals surface area contributed by atoms with Crippen LogP contribution in [0.4, 0.5) is 0 Å². The fourth-order valence-electron chi connectivity index (χ4n) is 2.08. The zero-order chi connectivity index (χ0) is 19.2. The molecule has 0 bridgehead atoms. The van der Waals surface area contributed by atoms with Gasteiger partial charge in [-0.25, -0.2) is 8.42 Å². The number of hydrogen-bond donors (Lipinski definition) is 2. The SMILES string of the molecule is CSCCC(NS(=O)(=O)c1ccc(Oc2ccc(I)cc2)cc1)C(N)=O. The van der Waals surface area contributed by atoms with Crippen molar-refractivity contribution in [1.82, 2.24) is 4.72 Å². The van der Waals surface area contributed by atoms with Crippen molar-refractivity contribution in [3.63, 3.8) is 0 Å². The molecule has 2 aromatic carbocycles. The number of ether oxygens (including phenoxy) is 1. The summed E-state index contributed by atoms with van der Waals surface area (Å²) in [6.45, 7) is 0. The van der Waals surface area contributed by atoms with Gasteiger partial charge in [0, 0.05) is 3.57 Å². The molecule has 3 N–H and O–H groups in total. The van der Waals surface area contributed by atoms with Gasteiger partial charge in [-0.05, 0) is 89.6 Å². The summed E-state index contributed by atoms with van der Waals surface area (Å²) in [6.07, 6.45) is 2.21. The van der Waals surface area contributed by atoms with Gasteiger partial charge in [0.25, 0.3) is 0 Å². The number of halogens is 1. The number of hydrogen-bond acceptors (Lipinski definition) is 5. The molecule has 0 radical (unpaired) electrons. The Bertz CT molecular complexity index is 840. The maximum atomic E-state index is 12.4. The molecule has 0 spiro atoms. The number of sulfonamides is 1.